The summed E-state index contributed by atoms with van der Waals surface area (Å²) < 4.78 is 37.7. The lowest BCUT2D eigenvalue weighted by Gasteiger charge is -2.19. The van der Waals surface area contributed by atoms with Crippen molar-refractivity contribution in [1.82, 2.24) is 9.21 Å². The molecule has 0 radical (unpaired) electrons. The number of rotatable bonds is 8. The number of ether oxygens (including phenoxy) is 2. The highest BCUT2D eigenvalue weighted by Gasteiger charge is 2.27. The van der Waals surface area contributed by atoms with Crippen molar-refractivity contribution in [2.45, 2.75) is 17.7 Å². The Morgan fingerprint density at radius 3 is 2.38 bits per heavy atom. The van der Waals surface area contributed by atoms with Crippen LogP contribution in [0.3, 0.4) is 0 Å². The summed E-state index contributed by atoms with van der Waals surface area (Å²) in [6, 6.07) is 13.4. The predicted molar refractivity (Wildman–Crippen MR) is 110 cm³/mol. The van der Waals surface area contributed by atoms with Crippen molar-refractivity contribution in [2.75, 3.05) is 40.4 Å². The second kappa shape index (κ2) is 9.28. The van der Waals surface area contributed by atoms with Crippen LogP contribution in [0.25, 0.3) is 0 Å². The number of amides is 1. The fraction of sp³-hybridized carbons (Fsp3) is 0.381. The zero-order chi connectivity index (χ0) is 20.9. The quantitative estimate of drug-likeness (QED) is 0.659. The van der Waals surface area contributed by atoms with Crippen LogP contribution in [0.15, 0.2) is 53.4 Å². The van der Waals surface area contributed by atoms with Crippen molar-refractivity contribution in [1.29, 1.82) is 0 Å². The first-order valence-electron chi connectivity index (χ1n) is 9.54. The fourth-order valence-electron chi connectivity index (χ4n) is 3.16. The van der Waals surface area contributed by atoms with Gasteiger partial charge in [-0.15, -0.1) is 0 Å². The van der Waals surface area contributed by atoms with E-state index in [2.05, 4.69) is 0 Å². The van der Waals surface area contributed by atoms with Gasteiger partial charge >= 0.3 is 0 Å². The highest BCUT2D eigenvalue weighted by Crippen LogP contribution is 2.22. The van der Waals surface area contributed by atoms with Crippen LogP contribution in [0.2, 0.25) is 0 Å². The van der Waals surface area contributed by atoms with Crippen LogP contribution in [0, 0.1) is 0 Å². The van der Waals surface area contributed by atoms with Crippen molar-refractivity contribution < 1.29 is 22.7 Å². The average Bonchev–Trinajstić information content (AvgIpc) is 3.29. The SMILES string of the molecule is COc1ccc(OCCN(C)C(=O)c2cccc(S(=O)(=O)N3CCCC3)c2)cc1. The van der Waals surface area contributed by atoms with Gasteiger partial charge in [-0.05, 0) is 55.3 Å². The first-order valence-corrected chi connectivity index (χ1v) is 11.0. The smallest absolute Gasteiger partial charge is 0.253 e. The van der Waals surface area contributed by atoms with Crippen LogP contribution in [0.4, 0.5) is 0 Å². The Morgan fingerprint density at radius 1 is 1.07 bits per heavy atom. The summed E-state index contributed by atoms with van der Waals surface area (Å²) in [5.41, 5.74) is 0.345. The number of hydrogen-bond acceptors (Lipinski definition) is 5. The molecule has 0 atom stereocenters. The lowest BCUT2D eigenvalue weighted by atomic mass is 10.2. The van der Waals surface area contributed by atoms with E-state index in [1.54, 1.807) is 50.6 Å². The number of carbonyl (C=O) groups excluding carboxylic acids is 1. The molecule has 0 unspecified atom stereocenters. The van der Waals surface area contributed by atoms with Crippen LogP contribution in [0.1, 0.15) is 23.2 Å². The maximum absolute atomic E-state index is 12.7. The van der Waals surface area contributed by atoms with Crippen molar-refractivity contribution in [2.24, 2.45) is 0 Å². The molecule has 0 bridgehead atoms. The molecule has 1 aliphatic heterocycles. The maximum atomic E-state index is 12.7. The summed E-state index contributed by atoms with van der Waals surface area (Å²) in [5, 5.41) is 0. The Bertz CT molecular complexity index is 938. The minimum absolute atomic E-state index is 0.160. The minimum atomic E-state index is -3.55. The minimum Gasteiger partial charge on any atom is -0.497 e. The standard InChI is InChI=1S/C21H26N2O5S/c1-22(14-15-28-19-10-8-18(27-2)9-11-19)21(24)17-6-5-7-20(16-17)29(25,26)23-12-3-4-13-23/h5-11,16H,3-4,12-15H2,1-2H3. The molecule has 3 rings (SSSR count). The molecule has 156 valence electrons. The summed E-state index contributed by atoms with van der Waals surface area (Å²) in [6.45, 7) is 1.75. The van der Waals surface area contributed by atoms with E-state index in [9.17, 15) is 13.2 Å². The van der Waals surface area contributed by atoms with Gasteiger partial charge in [0.25, 0.3) is 5.91 Å². The van der Waals surface area contributed by atoms with Crippen LogP contribution in [-0.2, 0) is 10.0 Å². The van der Waals surface area contributed by atoms with E-state index in [1.165, 1.54) is 21.3 Å². The molecule has 1 heterocycles. The Hall–Kier alpha value is -2.58. The van der Waals surface area contributed by atoms with Gasteiger partial charge in [-0.1, -0.05) is 6.07 Å². The Balaban J connectivity index is 1.60. The van der Waals surface area contributed by atoms with Gasteiger partial charge in [0.05, 0.1) is 18.6 Å². The molecule has 0 spiro atoms. The molecule has 0 aliphatic carbocycles. The molecular formula is C21H26N2O5S. The van der Waals surface area contributed by atoms with E-state index in [-0.39, 0.29) is 10.8 Å². The second-order valence-electron chi connectivity index (χ2n) is 6.89. The van der Waals surface area contributed by atoms with Gasteiger partial charge in [0.2, 0.25) is 10.0 Å². The van der Waals surface area contributed by atoms with E-state index >= 15 is 0 Å². The zero-order valence-corrected chi connectivity index (χ0v) is 17.5. The van der Waals surface area contributed by atoms with E-state index in [4.69, 9.17) is 9.47 Å². The number of nitrogens with zero attached hydrogens (tertiary/aromatic N) is 2. The normalized spacial score (nSPS) is 14.6. The first-order chi connectivity index (χ1) is 13.9. The second-order valence-corrected chi connectivity index (χ2v) is 8.83. The zero-order valence-electron chi connectivity index (χ0n) is 16.7. The molecule has 1 fully saturated rings. The summed E-state index contributed by atoms with van der Waals surface area (Å²) in [7, 11) is -0.284. The molecule has 1 saturated heterocycles. The fourth-order valence-corrected chi connectivity index (χ4v) is 4.72. The molecule has 1 amide bonds. The molecule has 0 N–H and O–H groups in total. The summed E-state index contributed by atoms with van der Waals surface area (Å²) in [4.78, 5) is 14.4. The molecule has 1 aliphatic rings. The number of methoxy groups -OCH3 is 1. The lowest BCUT2D eigenvalue weighted by Crippen LogP contribution is -2.31. The summed E-state index contributed by atoms with van der Waals surface area (Å²) >= 11 is 0. The van der Waals surface area contributed by atoms with Gasteiger partial charge in [0.1, 0.15) is 18.1 Å². The molecule has 2 aromatic rings. The number of hydrogen-bond donors (Lipinski definition) is 0. The van der Waals surface area contributed by atoms with E-state index in [0.29, 0.717) is 37.6 Å². The number of benzene rings is 2. The van der Waals surface area contributed by atoms with Crippen molar-refractivity contribution >= 4 is 15.9 Å². The number of carbonyl (C=O) groups is 1. The monoisotopic (exact) mass is 418 g/mol. The topological polar surface area (TPSA) is 76.1 Å². The van der Waals surface area contributed by atoms with Gasteiger partial charge in [-0.3, -0.25) is 4.79 Å². The summed E-state index contributed by atoms with van der Waals surface area (Å²) in [5.74, 6) is 1.18. The predicted octanol–water partition coefficient (Wildman–Crippen LogP) is 2.63. The molecule has 0 saturated carbocycles. The third-order valence-corrected chi connectivity index (χ3v) is 6.78. The van der Waals surface area contributed by atoms with Crippen LogP contribution < -0.4 is 9.47 Å². The number of likely N-dealkylation sites (N-methyl/N-ethyl adjacent to an activating group) is 1. The number of sulfonamides is 1. The van der Waals surface area contributed by atoms with Gasteiger partial charge in [0.15, 0.2) is 0 Å². The Labute approximate surface area is 171 Å². The largest absolute Gasteiger partial charge is 0.497 e. The molecular weight excluding hydrogens is 392 g/mol. The highest BCUT2D eigenvalue weighted by molar-refractivity contribution is 7.89. The molecule has 2 aromatic carbocycles. The molecule has 29 heavy (non-hydrogen) atoms. The maximum Gasteiger partial charge on any atom is 0.253 e. The highest BCUT2D eigenvalue weighted by atomic mass is 32.2. The lowest BCUT2D eigenvalue weighted by molar-refractivity contribution is 0.0773. The van der Waals surface area contributed by atoms with Crippen molar-refractivity contribution in [3.8, 4) is 11.5 Å². The average molecular weight is 419 g/mol. The van der Waals surface area contributed by atoms with E-state index < -0.39 is 10.0 Å². The third-order valence-electron chi connectivity index (χ3n) is 4.89. The van der Waals surface area contributed by atoms with E-state index in [1.807, 2.05) is 0 Å². The molecule has 0 aromatic heterocycles. The van der Waals surface area contributed by atoms with E-state index in [0.717, 1.165) is 18.6 Å². The molecule has 7 nitrogen and oxygen atoms in total. The Morgan fingerprint density at radius 2 is 1.72 bits per heavy atom. The van der Waals surface area contributed by atoms with Gasteiger partial charge in [-0.25, -0.2) is 8.42 Å². The van der Waals surface area contributed by atoms with Gasteiger partial charge < -0.3 is 14.4 Å². The van der Waals surface area contributed by atoms with Crippen LogP contribution in [0.5, 0.6) is 11.5 Å². The van der Waals surface area contributed by atoms with Crippen molar-refractivity contribution in [3.63, 3.8) is 0 Å². The van der Waals surface area contributed by atoms with Crippen LogP contribution >= 0.6 is 0 Å². The van der Waals surface area contributed by atoms with Gasteiger partial charge in [0, 0.05) is 25.7 Å². The first kappa shape index (κ1) is 21.1. The van der Waals surface area contributed by atoms with Crippen LogP contribution in [-0.4, -0.2) is 63.9 Å². The molecule has 8 heteroatoms. The third kappa shape index (κ3) is 5.07. The summed E-state index contributed by atoms with van der Waals surface area (Å²) in [6.07, 6.45) is 1.74. The van der Waals surface area contributed by atoms with Gasteiger partial charge in [-0.2, -0.15) is 4.31 Å². The van der Waals surface area contributed by atoms with Crippen molar-refractivity contribution in [3.05, 3.63) is 54.1 Å². The Kier molecular flexibility index (Phi) is 6.76.